The quantitative estimate of drug-likeness (QED) is 0.858. The van der Waals surface area contributed by atoms with Gasteiger partial charge < -0.3 is 11.1 Å². The number of hydrogen-bond acceptors (Lipinski definition) is 3. The van der Waals surface area contributed by atoms with Crippen LogP contribution in [-0.2, 0) is 0 Å². The number of nitrogens with one attached hydrogen (secondary N) is 1. The summed E-state index contributed by atoms with van der Waals surface area (Å²) in [5, 5.41) is 3.36. The van der Waals surface area contributed by atoms with Crippen molar-refractivity contribution in [3.8, 4) is 0 Å². The van der Waals surface area contributed by atoms with Gasteiger partial charge in [0, 0.05) is 5.69 Å². The van der Waals surface area contributed by atoms with E-state index in [1.165, 1.54) is 5.56 Å². The number of aromatic nitrogens is 1. The van der Waals surface area contributed by atoms with E-state index in [-0.39, 0.29) is 0 Å². The number of nitrogen functional groups attached to an aromatic ring is 1. The molecule has 1 heterocycles. The van der Waals surface area contributed by atoms with Gasteiger partial charge in [-0.25, -0.2) is 4.98 Å². The lowest BCUT2D eigenvalue weighted by atomic mass is 10.0. The number of para-hydroxylation sites is 1. The van der Waals surface area contributed by atoms with Gasteiger partial charge in [-0.2, -0.15) is 0 Å². The van der Waals surface area contributed by atoms with Crippen molar-refractivity contribution in [3.05, 3.63) is 47.7 Å². The van der Waals surface area contributed by atoms with Crippen molar-refractivity contribution < 1.29 is 0 Å². The molecule has 2 aromatic rings. The van der Waals surface area contributed by atoms with E-state index in [2.05, 4.69) is 42.3 Å². The predicted octanol–water partition coefficient (Wildman–Crippen LogP) is 3.84. The van der Waals surface area contributed by atoms with Gasteiger partial charge in [0.25, 0.3) is 0 Å². The zero-order valence-corrected chi connectivity index (χ0v) is 11.1. The van der Waals surface area contributed by atoms with Crippen molar-refractivity contribution in [2.24, 2.45) is 0 Å². The van der Waals surface area contributed by atoms with Gasteiger partial charge in [-0.05, 0) is 36.1 Å². The second-order valence-corrected chi connectivity index (χ2v) is 4.79. The van der Waals surface area contributed by atoms with Crippen molar-refractivity contribution in [2.75, 3.05) is 11.1 Å². The second kappa shape index (κ2) is 5.08. The predicted molar refractivity (Wildman–Crippen MR) is 77.2 cm³/mol. The molecule has 0 bridgehead atoms. The molecule has 0 aliphatic heterocycles. The van der Waals surface area contributed by atoms with Crippen LogP contribution in [-0.4, -0.2) is 4.98 Å². The number of hydrogen-bond donors (Lipinski definition) is 2. The fourth-order valence-corrected chi connectivity index (χ4v) is 1.89. The molecule has 0 amide bonds. The Morgan fingerprint density at radius 3 is 2.61 bits per heavy atom. The molecule has 1 aromatic heterocycles. The zero-order valence-electron chi connectivity index (χ0n) is 11.1. The summed E-state index contributed by atoms with van der Waals surface area (Å²) in [7, 11) is 0. The van der Waals surface area contributed by atoms with Gasteiger partial charge in [-0.15, -0.1) is 0 Å². The van der Waals surface area contributed by atoms with Gasteiger partial charge in [-0.1, -0.05) is 32.0 Å². The Morgan fingerprint density at radius 1 is 1.22 bits per heavy atom. The standard InChI is InChI=1S/C15H19N3/c1-10(2)12-6-4-5-7-14(12)18-15-8-11(3)13(16)9-17-15/h4-10H,16H2,1-3H3,(H,17,18). The highest BCUT2D eigenvalue weighted by molar-refractivity contribution is 5.63. The number of aryl methyl sites for hydroxylation is 1. The molecule has 0 aliphatic rings. The molecule has 0 saturated carbocycles. The molecule has 0 spiro atoms. The molecule has 1 aromatic carbocycles. The van der Waals surface area contributed by atoms with E-state index in [0.29, 0.717) is 5.92 Å². The van der Waals surface area contributed by atoms with Gasteiger partial charge in [0.1, 0.15) is 5.82 Å². The van der Waals surface area contributed by atoms with Gasteiger partial charge >= 0.3 is 0 Å². The lowest BCUT2D eigenvalue weighted by Crippen LogP contribution is -2.00. The number of pyridine rings is 1. The molecule has 94 valence electrons. The number of rotatable bonds is 3. The van der Waals surface area contributed by atoms with Crippen LogP contribution in [0.4, 0.5) is 17.2 Å². The van der Waals surface area contributed by atoms with E-state index in [1.807, 2.05) is 19.1 Å². The number of nitrogens with zero attached hydrogens (tertiary/aromatic N) is 1. The normalized spacial score (nSPS) is 10.7. The first kappa shape index (κ1) is 12.4. The van der Waals surface area contributed by atoms with E-state index >= 15 is 0 Å². The third-order valence-corrected chi connectivity index (χ3v) is 3.00. The summed E-state index contributed by atoms with van der Waals surface area (Å²) in [5.41, 5.74) is 9.91. The Labute approximate surface area is 108 Å². The zero-order chi connectivity index (χ0) is 13.1. The monoisotopic (exact) mass is 241 g/mol. The molecule has 3 heteroatoms. The Bertz CT molecular complexity index is 547. The first-order valence-electron chi connectivity index (χ1n) is 6.16. The third-order valence-electron chi connectivity index (χ3n) is 3.00. The number of nitrogens with two attached hydrogens (primary N) is 1. The maximum atomic E-state index is 5.77. The number of benzene rings is 1. The van der Waals surface area contributed by atoms with Crippen LogP contribution in [0.1, 0.15) is 30.9 Å². The Balaban J connectivity index is 2.31. The molecule has 0 saturated heterocycles. The van der Waals surface area contributed by atoms with Crippen molar-refractivity contribution in [1.82, 2.24) is 4.98 Å². The molecule has 0 unspecified atom stereocenters. The van der Waals surface area contributed by atoms with Gasteiger partial charge in [0.15, 0.2) is 0 Å². The highest BCUT2D eigenvalue weighted by Crippen LogP contribution is 2.26. The Hall–Kier alpha value is -2.03. The van der Waals surface area contributed by atoms with E-state index in [9.17, 15) is 0 Å². The van der Waals surface area contributed by atoms with Crippen molar-refractivity contribution in [3.63, 3.8) is 0 Å². The van der Waals surface area contributed by atoms with Crippen molar-refractivity contribution in [2.45, 2.75) is 26.7 Å². The smallest absolute Gasteiger partial charge is 0.130 e. The topological polar surface area (TPSA) is 50.9 Å². The average molecular weight is 241 g/mol. The molecule has 3 N–H and O–H groups in total. The summed E-state index contributed by atoms with van der Waals surface area (Å²) in [4.78, 5) is 4.30. The molecule has 0 aliphatic carbocycles. The fraction of sp³-hybridized carbons (Fsp3) is 0.267. The second-order valence-electron chi connectivity index (χ2n) is 4.79. The molecule has 2 rings (SSSR count). The van der Waals surface area contributed by atoms with Gasteiger partial charge in [0.2, 0.25) is 0 Å². The molecule has 3 nitrogen and oxygen atoms in total. The SMILES string of the molecule is Cc1cc(Nc2ccccc2C(C)C)ncc1N. The summed E-state index contributed by atoms with van der Waals surface area (Å²) >= 11 is 0. The highest BCUT2D eigenvalue weighted by atomic mass is 15.0. The van der Waals surface area contributed by atoms with E-state index in [1.54, 1.807) is 6.20 Å². The molecule has 0 atom stereocenters. The van der Waals surface area contributed by atoms with E-state index in [4.69, 9.17) is 5.73 Å². The lowest BCUT2D eigenvalue weighted by molar-refractivity contribution is 0.869. The Morgan fingerprint density at radius 2 is 1.94 bits per heavy atom. The number of anilines is 3. The van der Waals surface area contributed by atoms with E-state index < -0.39 is 0 Å². The molecular weight excluding hydrogens is 222 g/mol. The summed E-state index contributed by atoms with van der Waals surface area (Å²) < 4.78 is 0. The van der Waals surface area contributed by atoms with Crippen LogP contribution >= 0.6 is 0 Å². The van der Waals surface area contributed by atoms with Crippen LogP contribution in [0.3, 0.4) is 0 Å². The van der Waals surface area contributed by atoms with Crippen LogP contribution in [0.5, 0.6) is 0 Å². The average Bonchev–Trinajstić information content (AvgIpc) is 2.34. The van der Waals surface area contributed by atoms with Gasteiger partial charge in [-0.3, -0.25) is 0 Å². The summed E-state index contributed by atoms with van der Waals surface area (Å²) in [6.45, 7) is 6.35. The summed E-state index contributed by atoms with van der Waals surface area (Å²) in [5.74, 6) is 1.30. The third kappa shape index (κ3) is 2.62. The first-order chi connectivity index (χ1) is 8.58. The molecular formula is C15H19N3. The van der Waals surface area contributed by atoms with Crippen LogP contribution in [0.2, 0.25) is 0 Å². The maximum Gasteiger partial charge on any atom is 0.130 e. The molecule has 0 radical (unpaired) electrons. The minimum absolute atomic E-state index is 0.476. The fourth-order valence-electron chi connectivity index (χ4n) is 1.89. The van der Waals surface area contributed by atoms with Crippen molar-refractivity contribution >= 4 is 17.2 Å². The lowest BCUT2D eigenvalue weighted by Gasteiger charge is -2.14. The molecule has 18 heavy (non-hydrogen) atoms. The van der Waals surface area contributed by atoms with Crippen LogP contribution in [0.25, 0.3) is 0 Å². The largest absolute Gasteiger partial charge is 0.397 e. The Kier molecular flexibility index (Phi) is 3.51. The van der Waals surface area contributed by atoms with Gasteiger partial charge in [0.05, 0.1) is 11.9 Å². The maximum absolute atomic E-state index is 5.77. The first-order valence-corrected chi connectivity index (χ1v) is 6.16. The van der Waals surface area contributed by atoms with Crippen LogP contribution in [0, 0.1) is 6.92 Å². The minimum Gasteiger partial charge on any atom is -0.397 e. The summed E-state index contributed by atoms with van der Waals surface area (Å²) in [6.07, 6.45) is 1.69. The molecule has 0 fully saturated rings. The minimum atomic E-state index is 0.476. The van der Waals surface area contributed by atoms with Crippen LogP contribution < -0.4 is 11.1 Å². The summed E-state index contributed by atoms with van der Waals surface area (Å²) in [6, 6.07) is 10.3. The van der Waals surface area contributed by atoms with Crippen molar-refractivity contribution in [1.29, 1.82) is 0 Å². The van der Waals surface area contributed by atoms with E-state index in [0.717, 1.165) is 22.8 Å². The van der Waals surface area contributed by atoms with Crippen LogP contribution in [0.15, 0.2) is 36.5 Å². The highest BCUT2D eigenvalue weighted by Gasteiger charge is 2.06.